The number of carbonyl (C=O) groups is 1. The zero-order chi connectivity index (χ0) is 77.3. The van der Waals surface area contributed by atoms with Crippen LogP contribution in [0.5, 0.6) is 0 Å². The first-order valence-corrected chi connectivity index (χ1v) is 41.1. The maximum Gasteiger partial charge on any atom is 0.364 e. The number of H-pyrrole nitrogens is 2. The fraction of sp³-hybridized carbons (Fsp3) is 0.293. The summed E-state index contributed by atoms with van der Waals surface area (Å²) in [5, 5.41) is 10.5. The molecular formula is C82H86Cl3F3N18O8Si. The van der Waals surface area contributed by atoms with Gasteiger partial charge in [0.05, 0.1) is 23.6 Å². The minimum absolute atomic E-state index is 0. The minimum atomic E-state index is -1.27. The van der Waals surface area contributed by atoms with E-state index in [2.05, 4.69) is 89.2 Å². The Kier molecular flexibility index (Phi) is 25.3. The fourth-order valence-electron chi connectivity index (χ4n) is 15.2. The Balaban J connectivity index is 0.000000149. The van der Waals surface area contributed by atoms with Gasteiger partial charge in [0.25, 0.3) is 0 Å². The first kappa shape index (κ1) is 82.1. The smallest absolute Gasteiger partial charge is 0.364 e. The molecule has 18 rings (SSSR count). The van der Waals surface area contributed by atoms with Crippen molar-refractivity contribution < 1.29 is 36.0 Å². The number of imidazole rings is 3. The van der Waals surface area contributed by atoms with E-state index < -0.39 is 37.0 Å². The van der Waals surface area contributed by atoms with Gasteiger partial charge in [0.1, 0.15) is 86.9 Å². The first-order valence-electron chi connectivity index (χ1n) is 37.4. The molecule has 0 aliphatic carbocycles. The number of pyridine rings is 3. The number of rotatable bonds is 19. The standard InChI is InChI=1S/C31H37FN6O3Si.C26H23FN6O3.C25H23FN6O2.3ClH/c1-42(2,3)17-16-40-20-38-28-23-6-4-5-7-26(23)41-31(39)27(28)35-30(38)25(33)19-36-12-14-37(15-13-36)29-24-18-22(32)9-8-21(24)10-11-34-29;27-17-6-5-16-7-8-28-25(19(16)13-17)33-11-9-32(10-12-33)14-20(29-15-34)24-30-22-18-3-1-2-4-21(18)36-26(35)23(22)31-24;26-16-6-5-15-7-8-28-24(18(15)13-16)32-11-9-31(10-12-32)14-19(27)23-29-21-17-3-1-2-4-20(17)34-25(33)22(21)30-23;;;/h4-11,18,25H,12-17,19-20,33H2,1-3H3;1-8,13,15,20H,9-12,14H2,(H,29,34)(H,30,31);1-8,13,19H,9-12,14,27H2,(H,29,30);3*1H. The molecule has 598 valence electrons. The molecule has 15 aromatic rings. The molecule has 9 aromatic heterocycles. The number of benzene rings is 6. The summed E-state index contributed by atoms with van der Waals surface area (Å²) in [6.07, 6.45) is 5.92. The molecule has 1 amide bonds. The molecule has 12 heterocycles. The molecule has 3 atom stereocenters. The number of aromatic nitrogens is 9. The van der Waals surface area contributed by atoms with Gasteiger partial charge < -0.3 is 64.0 Å². The van der Waals surface area contributed by atoms with Gasteiger partial charge in [0.2, 0.25) is 6.41 Å². The Morgan fingerprint density at radius 2 is 0.887 bits per heavy atom. The Bertz CT molecular complexity index is 6200. The van der Waals surface area contributed by atoms with E-state index in [0.29, 0.717) is 102 Å². The third-order valence-electron chi connectivity index (χ3n) is 21.1. The van der Waals surface area contributed by atoms with Crippen LogP contribution < -0.4 is 48.4 Å². The molecule has 0 saturated carbocycles. The van der Waals surface area contributed by atoms with Crippen molar-refractivity contribution in [2.75, 3.05) is 119 Å². The summed E-state index contributed by atoms with van der Waals surface area (Å²) >= 11 is 0. The third kappa shape index (κ3) is 17.7. The average molecular weight is 1640 g/mol. The van der Waals surface area contributed by atoms with Gasteiger partial charge in [-0.05, 0) is 113 Å². The van der Waals surface area contributed by atoms with Crippen LogP contribution in [0.1, 0.15) is 35.6 Å². The van der Waals surface area contributed by atoms with Crippen LogP contribution in [-0.4, -0.2) is 178 Å². The van der Waals surface area contributed by atoms with Crippen LogP contribution in [0.4, 0.5) is 30.6 Å². The van der Waals surface area contributed by atoms with Crippen LogP contribution in [0.2, 0.25) is 25.7 Å². The van der Waals surface area contributed by atoms with Crippen LogP contribution >= 0.6 is 37.2 Å². The summed E-state index contributed by atoms with van der Waals surface area (Å²) in [5.41, 5.74) is 16.0. The van der Waals surface area contributed by atoms with Crippen molar-refractivity contribution in [3.8, 4) is 0 Å². The molecule has 6 aromatic carbocycles. The molecule has 0 bridgehead atoms. The topological polar surface area (TPSA) is 314 Å². The predicted octanol–water partition coefficient (Wildman–Crippen LogP) is 12.4. The van der Waals surface area contributed by atoms with Crippen molar-refractivity contribution in [3.05, 3.63) is 230 Å². The lowest BCUT2D eigenvalue weighted by Gasteiger charge is -2.37. The molecule has 3 aliphatic rings. The second kappa shape index (κ2) is 35.5. The van der Waals surface area contributed by atoms with E-state index >= 15 is 0 Å². The number of hydrogen-bond donors (Lipinski definition) is 5. The van der Waals surface area contributed by atoms with Crippen molar-refractivity contribution in [1.82, 2.24) is 64.5 Å². The molecule has 0 spiro atoms. The number of amides is 1. The van der Waals surface area contributed by atoms with E-state index in [4.69, 9.17) is 34.4 Å². The number of nitrogens with zero attached hydrogens (tertiary/aromatic N) is 13. The highest BCUT2D eigenvalue weighted by atomic mass is 35.5. The number of carbonyl (C=O) groups excluding carboxylic acids is 1. The summed E-state index contributed by atoms with van der Waals surface area (Å²) in [5.74, 6) is 3.21. The highest BCUT2D eigenvalue weighted by molar-refractivity contribution is 6.76. The number of piperazine rings is 3. The lowest BCUT2D eigenvalue weighted by molar-refractivity contribution is -0.110. The number of fused-ring (bicyclic) bond motifs is 12. The van der Waals surface area contributed by atoms with Gasteiger partial charge in [-0.15, -0.1) is 37.2 Å². The number of halogens is 6. The minimum Gasteiger partial charge on any atom is -0.421 e. The van der Waals surface area contributed by atoms with Gasteiger partial charge in [-0.25, -0.2) is 57.5 Å². The number of hydrogen-bond acceptors (Lipinski definition) is 22. The van der Waals surface area contributed by atoms with Gasteiger partial charge in [0, 0.05) is 164 Å². The number of aromatic amines is 2. The fourth-order valence-corrected chi connectivity index (χ4v) is 15.9. The second-order valence-electron chi connectivity index (χ2n) is 29.7. The molecule has 0 radical (unpaired) electrons. The second-order valence-corrected chi connectivity index (χ2v) is 35.3. The lowest BCUT2D eigenvalue weighted by Crippen LogP contribution is -2.49. The van der Waals surface area contributed by atoms with Gasteiger partial charge >= 0.3 is 16.9 Å². The molecule has 3 saturated heterocycles. The highest BCUT2D eigenvalue weighted by Gasteiger charge is 2.30. The van der Waals surface area contributed by atoms with Gasteiger partial charge in [-0.1, -0.05) is 74.2 Å². The summed E-state index contributed by atoms with van der Waals surface area (Å²) in [6, 6.07) is 41.8. The van der Waals surface area contributed by atoms with Crippen molar-refractivity contribution in [2.45, 2.75) is 50.5 Å². The lowest BCUT2D eigenvalue weighted by atomic mass is 10.1. The van der Waals surface area contributed by atoms with Crippen LogP contribution in [0.15, 0.2) is 192 Å². The Morgan fingerprint density at radius 3 is 1.34 bits per heavy atom. The Morgan fingerprint density at radius 1 is 0.487 bits per heavy atom. The molecule has 115 heavy (non-hydrogen) atoms. The molecule has 3 fully saturated rings. The zero-order valence-electron chi connectivity index (χ0n) is 63.2. The summed E-state index contributed by atoms with van der Waals surface area (Å²) in [6.45, 7) is 18.4. The molecule has 3 unspecified atom stereocenters. The third-order valence-corrected chi connectivity index (χ3v) is 22.8. The molecule has 33 heteroatoms. The van der Waals surface area contributed by atoms with E-state index in [-0.39, 0.29) is 78.5 Å². The van der Waals surface area contributed by atoms with E-state index in [1.165, 1.54) is 24.3 Å². The van der Waals surface area contributed by atoms with Crippen LogP contribution in [-0.2, 0) is 16.3 Å². The summed E-state index contributed by atoms with van der Waals surface area (Å²) < 4.78 is 66.2. The highest BCUT2D eigenvalue weighted by Crippen LogP contribution is 2.33. The van der Waals surface area contributed by atoms with Gasteiger partial charge in [-0.2, -0.15) is 0 Å². The van der Waals surface area contributed by atoms with E-state index in [0.717, 1.165) is 137 Å². The quantitative estimate of drug-likeness (QED) is 0.0217. The number of nitrogens with two attached hydrogens (primary N) is 2. The molecule has 26 nitrogen and oxygen atoms in total. The Hall–Kier alpha value is -10.9. The first-order chi connectivity index (χ1) is 54.3. The van der Waals surface area contributed by atoms with Crippen molar-refractivity contribution in [3.63, 3.8) is 0 Å². The summed E-state index contributed by atoms with van der Waals surface area (Å²) in [7, 11) is -1.27. The van der Waals surface area contributed by atoms with Crippen molar-refractivity contribution in [2.24, 2.45) is 11.5 Å². The van der Waals surface area contributed by atoms with Gasteiger partial charge in [-0.3, -0.25) is 19.5 Å². The number of para-hydroxylation sites is 3. The number of nitrogens with one attached hydrogen (secondary N) is 3. The normalized spacial score (nSPS) is 15.3. The average Bonchev–Trinajstić information content (AvgIpc) is 1.60. The maximum atomic E-state index is 14.0. The van der Waals surface area contributed by atoms with E-state index in [1.807, 2.05) is 71.3 Å². The molecule has 3 aliphatic heterocycles. The van der Waals surface area contributed by atoms with Gasteiger partial charge in [0.15, 0.2) is 16.6 Å². The van der Waals surface area contributed by atoms with Crippen LogP contribution in [0.3, 0.4) is 0 Å². The maximum absolute atomic E-state index is 14.0. The Labute approximate surface area is 675 Å². The zero-order valence-corrected chi connectivity index (χ0v) is 66.7. The van der Waals surface area contributed by atoms with Crippen LogP contribution in [0.25, 0.3) is 98.3 Å². The monoisotopic (exact) mass is 1640 g/mol. The van der Waals surface area contributed by atoms with E-state index in [9.17, 15) is 32.3 Å². The summed E-state index contributed by atoms with van der Waals surface area (Å²) in [4.78, 5) is 96.4. The number of ether oxygens (including phenoxy) is 1. The largest absolute Gasteiger partial charge is 0.421 e. The predicted molar refractivity (Wildman–Crippen MR) is 453 cm³/mol. The van der Waals surface area contributed by atoms with Crippen molar-refractivity contribution >= 4 is 167 Å². The molecule has 7 N–H and O–H groups in total. The molecular weight excluding hydrogens is 1560 g/mol. The van der Waals surface area contributed by atoms with Crippen LogP contribution in [0, 0.1) is 17.5 Å². The SMILES string of the molecule is C[Si](C)(C)CCOCn1c(C(N)CN2CCN(c3nccc4ccc(F)cc34)CC2)nc2c(=O)oc3ccccc3c21.Cl.Cl.Cl.NC(CN1CCN(c2nccc3ccc(F)cc23)CC1)c1nc2c([nH]1)c(=O)oc1ccccc12.O=CNC(CN1CCN(c2nccc3ccc(F)cc23)CC1)c1nc2c([nH]1)c(=O)oc1ccccc12. The number of anilines is 3. The van der Waals surface area contributed by atoms with Crippen molar-refractivity contribution in [1.29, 1.82) is 0 Å². The van der Waals surface area contributed by atoms with E-state index in [1.54, 1.807) is 73.2 Å².